The van der Waals surface area contributed by atoms with Crippen LogP contribution in [-0.4, -0.2) is 24.7 Å². The maximum Gasteiger partial charge on any atom is 0.248 e. The van der Waals surface area contributed by atoms with Crippen molar-refractivity contribution in [2.75, 3.05) is 11.9 Å². The van der Waals surface area contributed by atoms with Crippen molar-refractivity contribution >= 4 is 11.6 Å². The zero-order chi connectivity index (χ0) is 13.8. The first kappa shape index (κ1) is 13.8. The second-order valence-electron chi connectivity index (χ2n) is 4.83. The number of ether oxygens (including phenoxy) is 1. The van der Waals surface area contributed by atoms with E-state index >= 15 is 0 Å². The van der Waals surface area contributed by atoms with Crippen LogP contribution in [0, 0.1) is 5.82 Å². The molecule has 1 aliphatic heterocycles. The third-order valence-electron chi connectivity index (χ3n) is 3.43. The fourth-order valence-corrected chi connectivity index (χ4v) is 2.30. The van der Waals surface area contributed by atoms with Gasteiger partial charge in [-0.15, -0.1) is 0 Å². The van der Waals surface area contributed by atoms with Crippen LogP contribution in [0.5, 0.6) is 0 Å². The van der Waals surface area contributed by atoms with Gasteiger partial charge >= 0.3 is 0 Å². The van der Waals surface area contributed by atoms with Crippen molar-refractivity contribution in [3.63, 3.8) is 0 Å². The van der Waals surface area contributed by atoms with Crippen LogP contribution < -0.4 is 11.1 Å². The molecule has 3 N–H and O–H groups in total. The quantitative estimate of drug-likeness (QED) is 0.878. The average Bonchev–Trinajstić information content (AvgIpc) is 2.41. The van der Waals surface area contributed by atoms with Crippen LogP contribution in [0.1, 0.15) is 36.5 Å². The number of amides is 1. The first-order valence-corrected chi connectivity index (χ1v) is 6.57. The van der Waals surface area contributed by atoms with Crippen molar-refractivity contribution in [1.82, 2.24) is 0 Å². The van der Waals surface area contributed by atoms with Crippen molar-refractivity contribution in [3.05, 3.63) is 29.6 Å². The average molecular weight is 266 g/mol. The van der Waals surface area contributed by atoms with E-state index < -0.39 is 5.91 Å². The number of nitrogens with one attached hydrogen (secondary N) is 1. The number of benzene rings is 1. The highest BCUT2D eigenvalue weighted by Crippen LogP contribution is 2.23. The number of anilines is 1. The molecular formula is C14H19FN2O2. The molecule has 4 nitrogen and oxygen atoms in total. The molecule has 0 radical (unpaired) electrons. The molecule has 1 saturated heterocycles. The second kappa shape index (κ2) is 6.02. The maximum atomic E-state index is 13.7. The number of nitrogens with two attached hydrogens (primary N) is 1. The lowest BCUT2D eigenvalue weighted by molar-refractivity contribution is 0.00921. The van der Waals surface area contributed by atoms with Gasteiger partial charge in [-0.1, -0.05) is 6.92 Å². The van der Waals surface area contributed by atoms with E-state index in [4.69, 9.17) is 10.5 Å². The van der Waals surface area contributed by atoms with Crippen molar-refractivity contribution < 1.29 is 13.9 Å². The molecule has 1 amide bonds. The van der Waals surface area contributed by atoms with Crippen LogP contribution in [0.2, 0.25) is 0 Å². The lowest BCUT2D eigenvalue weighted by Crippen LogP contribution is -2.34. The molecule has 0 aromatic heterocycles. The zero-order valence-electron chi connectivity index (χ0n) is 11.0. The number of hydrogen-bond acceptors (Lipinski definition) is 3. The number of rotatable bonds is 4. The smallest absolute Gasteiger partial charge is 0.248 e. The number of carbonyl (C=O) groups excluding carboxylic acids is 1. The Balaban J connectivity index is 2.09. The minimum atomic E-state index is -0.554. The van der Waals surface area contributed by atoms with Gasteiger partial charge in [0.05, 0.1) is 11.8 Å². The molecule has 2 unspecified atom stereocenters. The molecule has 1 heterocycles. The summed E-state index contributed by atoms with van der Waals surface area (Å²) in [5.41, 5.74) is 5.84. The van der Waals surface area contributed by atoms with Crippen LogP contribution in [-0.2, 0) is 4.74 Å². The summed E-state index contributed by atoms with van der Waals surface area (Å²) in [7, 11) is 0. The highest BCUT2D eigenvalue weighted by atomic mass is 19.1. The molecule has 1 aliphatic rings. The first-order valence-electron chi connectivity index (χ1n) is 6.57. The monoisotopic (exact) mass is 266 g/mol. The Kier molecular flexibility index (Phi) is 4.37. The normalized spacial score (nSPS) is 23.1. The molecule has 0 spiro atoms. The summed E-state index contributed by atoms with van der Waals surface area (Å²) < 4.78 is 19.3. The van der Waals surface area contributed by atoms with Gasteiger partial charge in [-0.2, -0.15) is 0 Å². The third kappa shape index (κ3) is 3.44. The molecule has 0 saturated carbocycles. The maximum absolute atomic E-state index is 13.7. The molecule has 5 heteroatoms. The van der Waals surface area contributed by atoms with E-state index in [1.165, 1.54) is 18.2 Å². The van der Waals surface area contributed by atoms with Crippen LogP contribution in [0.4, 0.5) is 10.1 Å². The van der Waals surface area contributed by atoms with Gasteiger partial charge in [0.1, 0.15) is 5.82 Å². The Bertz CT molecular complexity index is 465. The largest absolute Gasteiger partial charge is 0.380 e. The fraction of sp³-hybridized carbons (Fsp3) is 0.500. The van der Waals surface area contributed by atoms with Crippen LogP contribution >= 0.6 is 0 Å². The summed E-state index contributed by atoms with van der Waals surface area (Å²) in [6.45, 7) is 2.74. The Morgan fingerprint density at radius 3 is 3.05 bits per heavy atom. The summed E-state index contributed by atoms with van der Waals surface area (Å²) in [5.74, 6) is -0.925. The molecule has 2 rings (SSSR count). The molecular weight excluding hydrogens is 247 g/mol. The standard InChI is InChI=1S/C14H19FN2O2/c1-2-11-8-10(5-6-19-11)17-13-7-9(14(16)18)3-4-12(13)15/h3-4,7,10-11,17H,2,5-6,8H2,1H3,(H2,16,18). The molecule has 2 atom stereocenters. The first-order chi connectivity index (χ1) is 9.10. The SMILES string of the molecule is CCC1CC(Nc2cc(C(N)=O)ccc2F)CCO1. The van der Waals surface area contributed by atoms with E-state index in [1.807, 2.05) is 0 Å². The minimum Gasteiger partial charge on any atom is -0.380 e. The topological polar surface area (TPSA) is 64.3 Å². The zero-order valence-corrected chi connectivity index (χ0v) is 11.0. The van der Waals surface area contributed by atoms with Gasteiger partial charge in [-0.3, -0.25) is 4.79 Å². The summed E-state index contributed by atoms with van der Waals surface area (Å²) in [6.07, 6.45) is 2.84. The number of carbonyl (C=O) groups is 1. The third-order valence-corrected chi connectivity index (χ3v) is 3.43. The molecule has 19 heavy (non-hydrogen) atoms. The van der Waals surface area contributed by atoms with Crippen molar-refractivity contribution in [3.8, 4) is 0 Å². The number of primary amides is 1. The van der Waals surface area contributed by atoms with Crippen molar-refractivity contribution in [2.45, 2.75) is 38.3 Å². The van der Waals surface area contributed by atoms with E-state index in [0.29, 0.717) is 17.9 Å². The van der Waals surface area contributed by atoms with E-state index in [9.17, 15) is 9.18 Å². The highest BCUT2D eigenvalue weighted by Gasteiger charge is 2.22. The molecule has 1 aromatic carbocycles. The second-order valence-corrected chi connectivity index (χ2v) is 4.83. The van der Waals surface area contributed by atoms with Crippen molar-refractivity contribution in [1.29, 1.82) is 0 Å². The Hall–Kier alpha value is -1.62. The van der Waals surface area contributed by atoms with Crippen LogP contribution in [0.15, 0.2) is 18.2 Å². The van der Waals surface area contributed by atoms with E-state index in [0.717, 1.165) is 19.3 Å². The Morgan fingerprint density at radius 2 is 2.37 bits per heavy atom. The van der Waals surface area contributed by atoms with Gasteiger partial charge in [0.25, 0.3) is 0 Å². The van der Waals surface area contributed by atoms with E-state index in [1.54, 1.807) is 0 Å². The van der Waals surface area contributed by atoms with Gasteiger partial charge in [-0.25, -0.2) is 4.39 Å². The van der Waals surface area contributed by atoms with Crippen LogP contribution in [0.25, 0.3) is 0 Å². The van der Waals surface area contributed by atoms with Gasteiger partial charge in [0.2, 0.25) is 5.91 Å². The summed E-state index contributed by atoms with van der Waals surface area (Å²) in [4.78, 5) is 11.1. The Labute approximate surface area is 112 Å². The molecule has 1 fully saturated rings. The van der Waals surface area contributed by atoms with E-state index in [2.05, 4.69) is 12.2 Å². The molecule has 0 aliphatic carbocycles. The van der Waals surface area contributed by atoms with Gasteiger partial charge < -0.3 is 15.8 Å². The fourth-order valence-electron chi connectivity index (χ4n) is 2.30. The predicted octanol–water partition coefficient (Wildman–Crippen LogP) is 2.29. The summed E-state index contributed by atoms with van der Waals surface area (Å²) in [5, 5.41) is 3.15. The van der Waals surface area contributed by atoms with Gasteiger partial charge in [0.15, 0.2) is 0 Å². The molecule has 1 aromatic rings. The molecule has 0 bridgehead atoms. The summed E-state index contributed by atoms with van der Waals surface area (Å²) >= 11 is 0. The lowest BCUT2D eigenvalue weighted by Gasteiger charge is -2.30. The highest BCUT2D eigenvalue weighted by molar-refractivity contribution is 5.93. The van der Waals surface area contributed by atoms with Gasteiger partial charge in [0, 0.05) is 18.2 Å². The lowest BCUT2D eigenvalue weighted by atomic mass is 10.0. The molecule has 104 valence electrons. The van der Waals surface area contributed by atoms with Crippen LogP contribution in [0.3, 0.4) is 0 Å². The number of hydrogen-bond donors (Lipinski definition) is 2. The van der Waals surface area contributed by atoms with E-state index in [-0.39, 0.29) is 18.0 Å². The van der Waals surface area contributed by atoms with Gasteiger partial charge in [-0.05, 0) is 37.5 Å². The predicted molar refractivity (Wildman–Crippen MR) is 71.6 cm³/mol. The van der Waals surface area contributed by atoms with Crippen molar-refractivity contribution in [2.24, 2.45) is 5.73 Å². The Morgan fingerprint density at radius 1 is 1.58 bits per heavy atom. The number of halogens is 1. The summed E-state index contributed by atoms with van der Waals surface area (Å²) in [6, 6.07) is 4.28. The minimum absolute atomic E-state index is 0.163.